The van der Waals surface area contributed by atoms with Gasteiger partial charge in [-0.2, -0.15) is 0 Å². The average molecular weight is 332 g/mol. The van der Waals surface area contributed by atoms with Gasteiger partial charge in [0.25, 0.3) is 5.91 Å². The van der Waals surface area contributed by atoms with Crippen LogP contribution in [0, 0.1) is 0 Å². The van der Waals surface area contributed by atoms with E-state index in [4.69, 9.17) is 9.47 Å². The summed E-state index contributed by atoms with van der Waals surface area (Å²) in [6, 6.07) is 7.33. The topological polar surface area (TPSA) is 67.9 Å². The number of carbonyl (C=O) groups excluding carboxylic acids is 2. The number of ether oxygens (including phenoxy) is 2. The lowest BCUT2D eigenvalue weighted by atomic mass is 9.96. The molecule has 1 saturated heterocycles. The lowest BCUT2D eigenvalue weighted by molar-refractivity contribution is -0.165. The van der Waals surface area contributed by atoms with Crippen LogP contribution < -0.4 is 10.1 Å². The Balaban J connectivity index is 1.90. The van der Waals surface area contributed by atoms with Gasteiger partial charge in [0.2, 0.25) is 5.91 Å². The maximum absolute atomic E-state index is 12.6. The van der Waals surface area contributed by atoms with Crippen molar-refractivity contribution in [2.45, 2.75) is 44.4 Å². The molecule has 1 saturated carbocycles. The lowest BCUT2D eigenvalue weighted by Gasteiger charge is -2.40. The van der Waals surface area contributed by atoms with Crippen molar-refractivity contribution in [3.63, 3.8) is 0 Å². The predicted octanol–water partition coefficient (Wildman–Crippen LogP) is 1.65. The van der Waals surface area contributed by atoms with Gasteiger partial charge in [-0.05, 0) is 37.0 Å². The first-order valence-electron chi connectivity index (χ1n) is 8.50. The van der Waals surface area contributed by atoms with Crippen molar-refractivity contribution in [3.8, 4) is 5.75 Å². The highest BCUT2D eigenvalue weighted by Crippen LogP contribution is 2.39. The van der Waals surface area contributed by atoms with Crippen molar-refractivity contribution >= 4 is 11.8 Å². The zero-order valence-corrected chi connectivity index (χ0v) is 14.2. The number of nitrogens with one attached hydrogen (secondary N) is 1. The second-order valence-electron chi connectivity index (χ2n) is 6.27. The van der Waals surface area contributed by atoms with Crippen molar-refractivity contribution in [1.82, 2.24) is 10.2 Å². The van der Waals surface area contributed by atoms with Crippen molar-refractivity contribution in [1.29, 1.82) is 0 Å². The fourth-order valence-corrected chi connectivity index (χ4v) is 3.12. The number of hydrogen-bond acceptors (Lipinski definition) is 4. The molecule has 3 rings (SSSR count). The second-order valence-corrected chi connectivity index (χ2v) is 6.27. The molecule has 0 spiro atoms. The molecule has 1 aliphatic carbocycles. The number of methoxy groups -OCH3 is 1. The van der Waals surface area contributed by atoms with E-state index in [1.807, 2.05) is 36.1 Å². The quantitative estimate of drug-likeness (QED) is 0.860. The monoisotopic (exact) mass is 332 g/mol. The van der Waals surface area contributed by atoms with E-state index in [0.717, 1.165) is 30.6 Å². The van der Waals surface area contributed by atoms with Crippen molar-refractivity contribution in [2.24, 2.45) is 0 Å². The number of rotatable bonds is 6. The van der Waals surface area contributed by atoms with Gasteiger partial charge in [0, 0.05) is 12.6 Å². The lowest BCUT2D eigenvalue weighted by Crippen LogP contribution is -2.55. The third-order valence-electron chi connectivity index (χ3n) is 4.47. The molecule has 1 N–H and O–H groups in total. The number of amides is 2. The highest BCUT2D eigenvalue weighted by Gasteiger charge is 2.47. The van der Waals surface area contributed by atoms with Crippen LogP contribution in [-0.2, 0) is 14.3 Å². The smallest absolute Gasteiger partial charge is 0.251 e. The molecule has 0 bridgehead atoms. The number of nitrogens with zero attached hydrogens (tertiary/aromatic N) is 1. The molecule has 6 nitrogen and oxygen atoms in total. The van der Waals surface area contributed by atoms with Crippen molar-refractivity contribution < 1.29 is 19.1 Å². The van der Waals surface area contributed by atoms with Gasteiger partial charge in [-0.25, -0.2) is 0 Å². The van der Waals surface area contributed by atoms with Gasteiger partial charge in [-0.15, -0.1) is 0 Å². The number of morpholine rings is 1. The Morgan fingerprint density at radius 3 is 2.62 bits per heavy atom. The first-order chi connectivity index (χ1) is 11.7. The second kappa shape index (κ2) is 7.21. The number of benzene rings is 1. The minimum absolute atomic E-state index is 0.0344. The molecule has 2 atom stereocenters. The van der Waals surface area contributed by atoms with Gasteiger partial charge < -0.3 is 19.7 Å². The summed E-state index contributed by atoms with van der Waals surface area (Å²) in [6.07, 6.45) is 2.16. The van der Waals surface area contributed by atoms with Crippen LogP contribution in [0.3, 0.4) is 0 Å². The molecule has 2 amide bonds. The Morgan fingerprint density at radius 1 is 1.33 bits per heavy atom. The molecule has 130 valence electrons. The van der Waals surface area contributed by atoms with Gasteiger partial charge in [0.1, 0.15) is 12.4 Å². The first-order valence-corrected chi connectivity index (χ1v) is 8.50. The van der Waals surface area contributed by atoms with E-state index in [0.29, 0.717) is 6.54 Å². The van der Waals surface area contributed by atoms with Gasteiger partial charge in [-0.1, -0.05) is 19.1 Å². The molecular formula is C18H24N2O4. The van der Waals surface area contributed by atoms with Crippen LogP contribution in [0.1, 0.15) is 37.8 Å². The van der Waals surface area contributed by atoms with Crippen LogP contribution in [0.2, 0.25) is 0 Å². The van der Waals surface area contributed by atoms with Crippen LogP contribution in [-0.4, -0.2) is 49.1 Å². The Kier molecular flexibility index (Phi) is 5.04. The maximum Gasteiger partial charge on any atom is 0.251 e. The Hall–Kier alpha value is -2.08. The molecule has 1 aromatic carbocycles. The minimum atomic E-state index is -0.678. The number of carbonyl (C=O) groups is 2. The third-order valence-corrected chi connectivity index (χ3v) is 4.47. The largest absolute Gasteiger partial charge is 0.497 e. The van der Waals surface area contributed by atoms with Crippen LogP contribution >= 0.6 is 0 Å². The standard InChI is InChI=1S/C18H24N2O4/c1-3-10-19-18(22)17-16(12-4-8-14(23-2)9-5-12)20(13-6-7-13)15(21)11-24-17/h4-5,8-9,13,16-17H,3,6-7,10-11H2,1-2H3,(H,19,22)/t16-,17+/m1/s1. The summed E-state index contributed by atoms with van der Waals surface area (Å²) in [6.45, 7) is 2.57. The molecule has 24 heavy (non-hydrogen) atoms. The van der Waals surface area contributed by atoms with E-state index in [1.54, 1.807) is 7.11 Å². The molecular weight excluding hydrogens is 308 g/mol. The predicted molar refractivity (Wildman–Crippen MR) is 88.6 cm³/mol. The zero-order valence-electron chi connectivity index (χ0n) is 14.2. The minimum Gasteiger partial charge on any atom is -0.497 e. The summed E-state index contributed by atoms with van der Waals surface area (Å²) in [5.41, 5.74) is 0.896. The Bertz CT molecular complexity index is 598. The van der Waals surface area contributed by atoms with Crippen molar-refractivity contribution in [3.05, 3.63) is 29.8 Å². The van der Waals surface area contributed by atoms with Crippen molar-refractivity contribution in [2.75, 3.05) is 20.3 Å². The number of hydrogen-bond donors (Lipinski definition) is 1. The van der Waals surface area contributed by atoms with Crippen LogP contribution in [0.15, 0.2) is 24.3 Å². The normalized spacial score (nSPS) is 23.9. The average Bonchev–Trinajstić information content (AvgIpc) is 3.44. The summed E-state index contributed by atoms with van der Waals surface area (Å²) in [7, 11) is 1.61. The maximum atomic E-state index is 12.6. The molecule has 0 unspecified atom stereocenters. The van der Waals surface area contributed by atoms with Crippen LogP contribution in [0.5, 0.6) is 5.75 Å². The molecule has 2 aliphatic rings. The highest BCUT2D eigenvalue weighted by molar-refractivity contribution is 5.86. The summed E-state index contributed by atoms with van der Waals surface area (Å²) in [5.74, 6) is 0.542. The van der Waals surface area contributed by atoms with E-state index in [2.05, 4.69) is 5.32 Å². The van der Waals surface area contributed by atoms with Crippen LogP contribution in [0.25, 0.3) is 0 Å². The summed E-state index contributed by atoms with van der Waals surface area (Å²) in [5, 5.41) is 2.89. The highest BCUT2D eigenvalue weighted by atomic mass is 16.5. The van der Waals surface area contributed by atoms with Gasteiger partial charge >= 0.3 is 0 Å². The fraction of sp³-hybridized carbons (Fsp3) is 0.556. The molecule has 1 aromatic rings. The Labute approximate surface area is 142 Å². The molecule has 1 heterocycles. The Morgan fingerprint density at radius 2 is 2.04 bits per heavy atom. The fourth-order valence-electron chi connectivity index (χ4n) is 3.12. The molecule has 1 aliphatic heterocycles. The summed E-state index contributed by atoms with van der Waals surface area (Å²) < 4.78 is 10.8. The van der Waals surface area contributed by atoms with E-state index < -0.39 is 6.10 Å². The molecule has 6 heteroatoms. The van der Waals surface area contributed by atoms with E-state index in [-0.39, 0.29) is 30.5 Å². The van der Waals surface area contributed by atoms with E-state index >= 15 is 0 Å². The van der Waals surface area contributed by atoms with Gasteiger partial charge in [-0.3, -0.25) is 9.59 Å². The van der Waals surface area contributed by atoms with Gasteiger partial charge in [0.15, 0.2) is 6.10 Å². The first kappa shape index (κ1) is 16.8. The van der Waals surface area contributed by atoms with Gasteiger partial charge in [0.05, 0.1) is 13.2 Å². The molecule has 0 radical (unpaired) electrons. The summed E-state index contributed by atoms with van der Waals surface area (Å²) >= 11 is 0. The third kappa shape index (κ3) is 3.38. The molecule has 2 fully saturated rings. The van der Waals surface area contributed by atoms with E-state index in [1.165, 1.54) is 0 Å². The zero-order chi connectivity index (χ0) is 17.1. The molecule has 0 aromatic heterocycles. The summed E-state index contributed by atoms with van der Waals surface area (Å²) in [4.78, 5) is 26.8. The van der Waals surface area contributed by atoms with E-state index in [9.17, 15) is 9.59 Å². The SMILES string of the molecule is CCCNC(=O)[C@H]1OCC(=O)N(C2CC2)[C@@H]1c1ccc(OC)cc1. The van der Waals surface area contributed by atoms with Crippen LogP contribution in [0.4, 0.5) is 0 Å².